The highest BCUT2D eigenvalue weighted by molar-refractivity contribution is 7.91. The summed E-state index contributed by atoms with van der Waals surface area (Å²) in [4.78, 5) is 25.1. The summed E-state index contributed by atoms with van der Waals surface area (Å²) in [7, 11) is -1.79. The van der Waals surface area contributed by atoms with E-state index in [1.807, 2.05) is 26.0 Å². The van der Waals surface area contributed by atoms with Gasteiger partial charge in [-0.3, -0.25) is 9.89 Å². The summed E-state index contributed by atoms with van der Waals surface area (Å²) in [6, 6.07) is 9.04. The van der Waals surface area contributed by atoms with Crippen molar-refractivity contribution in [3.05, 3.63) is 41.7 Å². The van der Waals surface area contributed by atoms with E-state index in [1.54, 1.807) is 29.8 Å². The number of rotatable bonds is 8. The molecular formula is C25H33N5O5S. The lowest BCUT2D eigenvalue weighted by atomic mass is 10.0. The Morgan fingerprint density at radius 3 is 2.75 bits per heavy atom. The third kappa shape index (κ3) is 5.56. The Kier molecular flexibility index (Phi) is 7.39. The van der Waals surface area contributed by atoms with E-state index in [-0.39, 0.29) is 35.3 Å². The molecule has 2 aromatic heterocycles. The lowest BCUT2D eigenvalue weighted by molar-refractivity contribution is -0.115. The minimum atomic E-state index is -3.55. The molecule has 0 unspecified atom stereocenters. The maximum atomic E-state index is 12.9. The molecule has 1 aliphatic rings. The van der Waals surface area contributed by atoms with Gasteiger partial charge in [0.25, 0.3) is 0 Å². The molecule has 0 bridgehead atoms. The molecule has 4 rings (SSSR count). The van der Waals surface area contributed by atoms with Crippen molar-refractivity contribution >= 4 is 38.6 Å². The number of alkyl carbamates (subject to hydrolysis) is 1. The topological polar surface area (TPSA) is 135 Å². The Morgan fingerprint density at radius 2 is 2.03 bits per heavy atom. The SMILES string of the molecule is CC[C@H](C)NC(=O)O[C@@H]1CC[C@H](c2cc(NC(=O)Cc3c(S(C)(=O)=O)c4ccccc4n3C)n[nH]2)C1. The minimum absolute atomic E-state index is 0.0657. The van der Waals surface area contributed by atoms with Crippen LogP contribution in [0.5, 0.6) is 0 Å². The molecule has 0 spiro atoms. The highest BCUT2D eigenvalue weighted by Gasteiger charge is 2.30. The fourth-order valence-electron chi connectivity index (χ4n) is 4.79. The second-order valence-electron chi connectivity index (χ2n) is 9.55. The summed E-state index contributed by atoms with van der Waals surface area (Å²) in [5.41, 5.74) is 2.04. The minimum Gasteiger partial charge on any atom is -0.446 e. The van der Waals surface area contributed by atoms with Gasteiger partial charge in [-0.05, 0) is 38.7 Å². The van der Waals surface area contributed by atoms with Crippen LogP contribution in [0.1, 0.15) is 56.8 Å². The van der Waals surface area contributed by atoms with Crippen molar-refractivity contribution in [2.45, 2.75) is 68.9 Å². The average molecular weight is 516 g/mol. The molecule has 1 aliphatic carbocycles. The summed E-state index contributed by atoms with van der Waals surface area (Å²) in [6.07, 6.45) is 3.59. The first-order valence-corrected chi connectivity index (χ1v) is 14.0. The van der Waals surface area contributed by atoms with Gasteiger partial charge in [-0.15, -0.1) is 0 Å². The second kappa shape index (κ2) is 10.3. The Labute approximate surface area is 210 Å². The number of carbonyl (C=O) groups is 2. The van der Waals surface area contributed by atoms with Gasteiger partial charge in [-0.2, -0.15) is 5.10 Å². The molecule has 11 heteroatoms. The number of fused-ring (bicyclic) bond motifs is 1. The zero-order valence-corrected chi connectivity index (χ0v) is 21.8. The highest BCUT2D eigenvalue weighted by atomic mass is 32.2. The number of nitrogens with one attached hydrogen (secondary N) is 3. The van der Waals surface area contributed by atoms with Crippen LogP contribution in [0.2, 0.25) is 0 Å². The van der Waals surface area contributed by atoms with E-state index in [1.165, 1.54) is 0 Å². The van der Waals surface area contributed by atoms with Gasteiger partial charge in [0.2, 0.25) is 5.91 Å². The number of hydrogen-bond donors (Lipinski definition) is 3. The molecule has 194 valence electrons. The lowest BCUT2D eigenvalue weighted by Gasteiger charge is -2.16. The summed E-state index contributed by atoms with van der Waals surface area (Å²) >= 11 is 0. The first kappa shape index (κ1) is 25.7. The van der Waals surface area contributed by atoms with Crippen LogP contribution in [-0.2, 0) is 32.8 Å². The first-order valence-electron chi connectivity index (χ1n) is 12.2. The van der Waals surface area contributed by atoms with Gasteiger partial charge in [0.05, 0.1) is 11.3 Å². The lowest BCUT2D eigenvalue weighted by Crippen LogP contribution is -2.34. The van der Waals surface area contributed by atoms with Gasteiger partial charge in [-0.1, -0.05) is 25.1 Å². The summed E-state index contributed by atoms with van der Waals surface area (Å²) in [6.45, 7) is 3.93. The molecule has 2 heterocycles. The summed E-state index contributed by atoms with van der Waals surface area (Å²) in [5, 5.41) is 13.4. The molecule has 1 fully saturated rings. The van der Waals surface area contributed by atoms with Crippen LogP contribution in [0.4, 0.5) is 10.6 Å². The molecule has 0 saturated heterocycles. The number of benzene rings is 1. The monoisotopic (exact) mass is 515 g/mol. The Bertz CT molecular complexity index is 1380. The largest absolute Gasteiger partial charge is 0.446 e. The van der Waals surface area contributed by atoms with Crippen molar-refractivity contribution in [1.29, 1.82) is 0 Å². The predicted molar refractivity (Wildman–Crippen MR) is 137 cm³/mol. The maximum Gasteiger partial charge on any atom is 0.407 e. The van der Waals surface area contributed by atoms with Crippen molar-refractivity contribution in [1.82, 2.24) is 20.1 Å². The number of para-hydroxylation sites is 1. The predicted octanol–water partition coefficient (Wildman–Crippen LogP) is 3.65. The number of ether oxygens (including phenoxy) is 1. The van der Waals surface area contributed by atoms with E-state index in [0.29, 0.717) is 23.3 Å². The number of hydrogen-bond acceptors (Lipinski definition) is 6. The first-order chi connectivity index (χ1) is 17.1. The third-order valence-corrected chi connectivity index (χ3v) is 8.01. The Morgan fingerprint density at radius 1 is 1.28 bits per heavy atom. The molecule has 0 aliphatic heterocycles. The van der Waals surface area contributed by atoms with Gasteiger partial charge < -0.3 is 19.9 Å². The van der Waals surface area contributed by atoms with Gasteiger partial charge in [0, 0.05) is 53.6 Å². The fraction of sp³-hybridized carbons (Fsp3) is 0.480. The number of aromatic amines is 1. The molecular weight excluding hydrogens is 482 g/mol. The van der Waals surface area contributed by atoms with Crippen LogP contribution in [-0.4, -0.2) is 53.6 Å². The third-order valence-electron chi connectivity index (χ3n) is 6.82. The quantitative estimate of drug-likeness (QED) is 0.419. The Hall–Kier alpha value is -3.34. The van der Waals surface area contributed by atoms with E-state index in [9.17, 15) is 18.0 Å². The van der Waals surface area contributed by atoms with E-state index in [4.69, 9.17) is 4.74 Å². The van der Waals surface area contributed by atoms with E-state index in [0.717, 1.165) is 36.7 Å². The van der Waals surface area contributed by atoms with Crippen LogP contribution in [0, 0.1) is 0 Å². The number of amides is 2. The average Bonchev–Trinajstić information content (AvgIpc) is 3.52. The molecule has 3 atom stereocenters. The van der Waals surface area contributed by atoms with Crippen molar-refractivity contribution in [2.75, 3.05) is 11.6 Å². The van der Waals surface area contributed by atoms with Crippen molar-refractivity contribution in [3.63, 3.8) is 0 Å². The number of aromatic nitrogens is 3. The molecule has 3 N–H and O–H groups in total. The van der Waals surface area contributed by atoms with Crippen molar-refractivity contribution < 1.29 is 22.7 Å². The van der Waals surface area contributed by atoms with Crippen LogP contribution in [0.3, 0.4) is 0 Å². The van der Waals surface area contributed by atoms with Gasteiger partial charge >= 0.3 is 6.09 Å². The van der Waals surface area contributed by atoms with Gasteiger partial charge in [-0.25, -0.2) is 13.2 Å². The normalized spacial score (nSPS) is 18.8. The Balaban J connectivity index is 1.40. The van der Waals surface area contributed by atoms with Crippen LogP contribution in [0.25, 0.3) is 10.9 Å². The van der Waals surface area contributed by atoms with E-state index in [2.05, 4.69) is 20.8 Å². The number of H-pyrrole nitrogens is 1. The summed E-state index contributed by atoms with van der Waals surface area (Å²) in [5.74, 6) is 0.145. The molecule has 1 saturated carbocycles. The molecule has 3 aromatic rings. The van der Waals surface area contributed by atoms with Gasteiger partial charge in [0.1, 0.15) is 6.10 Å². The molecule has 2 amide bonds. The van der Waals surface area contributed by atoms with E-state index < -0.39 is 15.9 Å². The number of nitrogens with zero attached hydrogens (tertiary/aromatic N) is 2. The molecule has 36 heavy (non-hydrogen) atoms. The van der Waals surface area contributed by atoms with Crippen LogP contribution >= 0.6 is 0 Å². The van der Waals surface area contributed by atoms with Crippen molar-refractivity contribution in [2.24, 2.45) is 7.05 Å². The fourth-order valence-corrected chi connectivity index (χ4v) is 6.00. The number of aryl methyl sites for hydroxylation is 1. The standard InChI is InChI=1S/C25H33N5O5S/c1-5-15(2)26-25(32)35-17-11-10-16(12-17)19-13-22(29-28-19)27-23(31)14-21-24(36(4,33)34)18-8-6-7-9-20(18)30(21)3/h6-9,13,15-17H,5,10-12,14H2,1-4H3,(H,26,32)(H2,27,28,29,31)/t15-,16-,17+/m0/s1. The van der Waals surface area contributed by atoms with E-state index >= 15 is 0 Å². The number of sulfone groups is 1. The van der Waals surface area contributed by atoms with Crippen LogP contribution < -0.4 is 10.6 Å². The zero-order chi connectivity index (χ0) is 26.0. The zero-order valence-electron chi connectivity index (χ0n) is 21.0. The molecule has 1 aromatic carbocycles. The van der Waals surface area contributed by atoms with Crippen LogP contribution in [0.15, 0.2) is 35.2 Å². The second-order valence-corrected chi connectivity index (χ2v) is 11.5. The number of anilines is 1. The van der Waals surface area contributed by atoms with Gasteiger partial charge in [0.15, 0.2) is 15.7 Å². The number of carbonyl (C=O) groups excluding carboxylic acids is 2. The van der Waals surface area contributed by atoms with Crippen molar-refractivity contribution in [3.8, 4) is 0 Å². The molecule has 0 radical (unpaired) electrons. The smallest absolute Gasteiger partial charge is 0.407 e. The summed E-state index contributed by atoms with van der Waals surface area (Å²) < 4.78 is 32.4. The maximum absolute atomic E-state index is 12.9. The molecule has 10 nitrogen and oxygen atoms in total. The highest BCUT2D eigenvalue weighted by Crippen LogP contribution is 2.36.